The number of rotatable bonds is 11. The molecular formula is C28H34N2O7Si. The van der Waals surface area contributed by atoms with Crippen molar-refractivity contribution in [2.75, 3.05) is 6.61 Å². The third-order valence-corrected chi connectivity index (χ3v) is 11.3. The van der Waals surface area contributed by atoms with Gasteiger partial charge < -0.3 is 29.7 Å². The SMILES string of the molecule is C[C@@H](O)[C@H](NC(=O)c1ccco1)C(=O)NC(CO[Si](c1ccccc1)(c1ccccc1)C(C)(C)C)C(=O)O. The lowest BCUT2D eigenvalue weighted by Crippen LogP contribution is -2.68. The van der Waals surface area contributed by atoms with E-state index in [4.69, 9.17) is 8.84 Å². The highest BCUT2D eigenvalue weighted by Crippen LogP contribution is 2.36. The van der Waals surface area contributed by atoms with Gasteiger partial charge >= 0.3 is 5.97 Å². The molecule has 202 valence electrons. The van der Waals surface area contributed by atoms with Crippen LogP contribution in [0.1, 0.15) is 38.2 Å². The molecule has 0 bridgehead atoms. The van der Waals surface area contributed by atoms with Gasteiger partial charge in [-0.15, -0.1) is 0 Å². The predicted molar refractivity (Wildman–Crippen MR) is 145 cm³/mol. The summed E-state index contributed by atoms with van der Waals surface area (Å²) in [6.07, 6.45) is -0.00408. The van der Waals surface area contributed by atoms with E-state index in [1.807, 2.05) is 60.7 Å². The van der Waals surface area contributed by atoms with E-state index in [0.717, 1.165) is 10.4 Å². The summed E-state index contributed by atoms with van der Waals surface area (Å²) in [5, 5.41) is 26.5. The maximum absolute atomic E-state index is 13.0. The minimum Gasteiger partial charge on any atom is -0.480 e. The fourth-order valence-corrected chi connectivity index (χ4v) is 9.00. The molecule has 0 aliphatic rings. The smallest absolute Gasteiger partial charge is 0.328 e. The fraction of sp³-hybridized carbons (Fsp3) is 0.321. The quantitative estimate of drug-likeness (QED) is 0.274. The third kappa shape index (κ3) is 6.39. The molecule has 2 amide bonds. The van der Waals surface area contributed by atoms with Gasteiger partial charge in [-0.05, 0) is 34.5 Å². The molecule has 10 heteroatoms. The summed E-state index contributed by atoms with van der Waals surface area (Å²) in [5.41, 5.74) is 0. The van der Waals surface area contributed by atoms with Crippen LogP contribution in [0.4, 0.5) is 0 Å². The standard InChI is InChI=1S/C28H34N2O7Si/c1-19(31)24(30-25(32)23-16-11-17-36-23)26(33)29-22(27(34)35)18-37-38(28(2,3)4,20-12-7-5-8-13-20)21-14-9-6-10-15-21/h5-17,19,22,24,31H,18H2,1-4H3,(H,29,33)(H,30,32)(H,34,35)/t19-,22?,24+/m1/s1. The molecule has 0 spiro atoms. The molecule has 4 N–H and O–H groups in total. The van der Waals surface area contributed by atoms with E-state index in [9.17, 15) is 24.6 Å². The average Bonchev–Trinajstić information content (AvgIpc) is 3.42. The summed E-state index contributed by atoms with van der Waals surface area (Å²) < 4.78 is 11.7. The van der Waals surface area contributed by atoms with Crippen molar-refractivity contribution in [2.24, 2.45) is 0 Å². The third-order valence-electron chi connectivity index (χ3n) is 6.29. The van der Waals surface area contributed by atoms with Gasteiger partial charge in [0.2, 0.25) is 5.91 Å². The number of carbonyl (C=O) groups excluding carboxylic acids is 2. The van der Waals surface area contributed by atoms with Gasteiger partial charge in [-0.25, -0.2) is 4.79 Å². The lowest BCUT2D eigenvalue weighted by Gasteiger charge is -2.43. The van der Waals surface area contributed by atoms with Crippen LogP contribution >= 0.6 is 0 Å². The predicted octanol–water partition coefficient (Wildman–Crippen LogP) is 1.90. The summed E-state index contributed by atoms with van der Waals surface area (Å²) in [6, 6.07) is 19.5. The van der Waals surface area contributed by atoms with Crippen LogP contribution in [0.2, 0.25) is 5.04 Å². The largest absolute Gasteiger partial charge is 0.480 e. The highest BCUT2D eigenvalue weighted by Gasteiger charge is 2.50. The topological polar surface area (TPSA) is 138 Å². The van der Waals surface area contributed by atoms with E-state index < -0.39 is 49.3 Å². The number of hydrogen-bond acceptors (Lipinski definition) is 6. The Morgan fingerprint density at radius 3 is 1.89 bits per heavy atom. The maximum atomic E-state index is 13.0. The number of benzene rings is 2. The normalized spacial score (nSPS) is 14.2. The summed E-state index contributed by atoms with van der Waals surface area (Å²) in [6.45, 7) is 7.16. The molecule has 0 aliphatic carbocycles. The van der Waals surface area contributed by atoms with Gasteiger partial charge in [-0.2, -0.15) is 0 Å². The molecule has 0 fully saturated rings. The monoisotopic (exact) mass is 538 g/mol. The summed E-state index contributed by atoms with van der Waals surface area (Å²) in [4.78, 5) is 37.7. The Balaban J connectivity index is 1.89. The molecule has 2 aromatic carbocycles. The van der Waals surface area contributed by atoms with Crippen molar-refractivity contribution in [3.05, 3.63) is 84.8 Å². The molecule has 3 aromatic rings. The molecule has 9 nitrogen and oxygen atoms in total. The van der Waals surface area contributed by atoms with Gasteiger partial charge in [0.05, 0.1) is 19.0 Å². The first-order valence-electron chi connectivity index (χ1n) is 12.3. The zero-order valence-electron chi connectivity index (χ0n) is 21.9. The summed E-state index contributed by atoms with van der Waals surface area (Å²) >= 11 is 0. The van der Waals surface area contributed by atoms with E-state index in [1.165, 1.54) is 25.3 Å². The Labute approximate surface area is 223 Å². The van der Waals surface area contributed by atoms with Crippen molar-refractivity contribution in [1.82, 2.24) is 10.6 Å². The molecule has 1 unspecified atom stereocenters. The van der Waals surface area contributed by atoms with Crippen LogP contribution in [0.5, 0.6) is 0 Å². The highest BCUT2D eigenvalue weighted by molar-refractivity contribution is 6.99. The number of aliphatic hydroxyl groups is 1. The van der Waals surface area contributed by atoms with Crippen LogP contribution in [0, 0.1) is 0 Å². The van der Waals surface area contributed by atoms with Crippen molar-refractivity contribution in [3.63, 3.8) is 0 Å². The van der Waals surface area contributed by atoms with Crippen LogP contribution in [0.3, 0.4) is 0 Å². The van der Waals surface area contributed by atoms with Gasteiger partial charge in [-0.1, -0.05) is 81.4 Å². The average molecular weight is 539 g/mol. The van der Waals surface area contributed by atoms with Crippen molar-refractivity contribution < 1.29 is 33.4 Å². The number of hydrogen-bond donors (Lipinski definition) is 4. The van der Waals surface area contributed by atoms with Crippen molar-refractivity contribution in [3.8, 4) is 0 Å². The van der Waals surface area contributed by atoms with Gasteiger partial charge in [-0.3, -0.25) is 9.59 Å². The first kappa shape index (κ1) is 28.8. The molecule has 0 saturated carbocycles. The van der Waals surface area contributed by atoms with E-state index in [1.54, 1.807) is 0 Å². The molecule has 0 aliphatic heterocycles. The molecule has 1 aromatic heterocycles. The van der Waals surface area contributed by atoms with Crippen LogP contribution in [-0.2, 0) is 14.0 Å². The van der Waals surface area contributed by atoms with Crippen molar-refractivity contribution >= 4 is 36.5 Å². The number of nitrogens with one attached hydrogen (secondary N) is 2. The van der Waals surface area contributed by atoms with E-state index >= 15 is 0 Å². The second-order valence-corrected chi connectivity index (χ2v) is 14.3. The fourth-order valence-electron chi connectivity index (χ4n) is 4.43. The first-order valence-corrected chi connectivity index (χ1v) is 14.2. The Hall–Kier alpha value is -3.73. The Bertz CT molecular complexity index is 1170. The van der Waals surface area contributed by atoms with E-state index in [0.29, 0.717) is 0 Å². The van der Waals surface area contributed by atoms with Crippen LogP contribution in [0.25, 0.3) is 0 Å². The summed E-state index contributed by atoms with van der Waals surface area (Å²) in [7, 11) is -3.07. The molecule has 38 heavy (non-hydrogen) atoms. The second-order valence-electron chi connectivity index (χ2n) is 10.0. The van der Waals surface area contributed by atoms with Gasteiger partial charge in [0.25, 0.3) is 14.2 Å². The lowest BCUT2D eigenvalue weighted by atomic mass is 10.1. The minimum absolute atomic E-state index is 0.0479. The van der Waals surface area contributed by atoms with E-state index in [2.05, 4.69) is 31.4 Å². The minimum atomic E-state index is -3.07. The number of aliphatic carboxylic acids is 1. The van der Waals surface area contributed by atoms with Gasteiger partial charge in [0.15, 0.2) is 5.76 Å². The van der Waals surface area contributed by atoms with Crippen LogP contribution in [0.15, 0.2) is 83.5 Å². The number of furan rings is 1. The number of carbonyl (C=O) groups is 3. The first-order chi connectivity index (χ1) is 18.0. The van der Waals surface area contributed by atoms with Crippen LogP contribution in [-0.4, -0.2) is 61.1 Å². The molecule has 0 radical (unpaired) electrons. The van der Waals surface area contributed by atoms with Crippen molar-refractivity contribution in [2.45, 2.75) is 50.9 Å². The van der Waals surface area contributed by atoms with Gasteiger partial charge in [0, 0.05) is 0 Å². The number of carboxylic acids is 1. The maximum Gasteiger partial charge on any atom is 0.328 e. The Morgan fingerprint density at radius 2 is 1.47 bits per heavy atom. The zero-order valence-corrected chi connectivity index (χ0v) is 22.9. The molecular weight excluding hydrogens is 504 g/mol. The number of carboxylic acid groups (broad SMARTS) is 1. The Kier molecular flexibility index (Phi) is 9.26. The lowest BCUT2D eigenvalue weighted by molar-refractivity contribution is -0.143. The molecule has 1 heterocycles. The molecule has 3 rings (SSSR count). The van der Waals surface area contributed by atoms with Gasteiger partial charge in [0.1, 0.15) is 12.1 Å². The Morgan fingerprint density at radius 1 is 0.921 bits per heavy atom. The summed E-state index contributed by atoms with van der Waals surface area (Å²) in [5.74, 6) is -2.93. The van der Waals surface area contributed by atoms with E-state index in [-0.39, 0.29) is 12.4 Å². The van der Waals surface area contributed by atoms with Crippen LogP contribution < -0.4 is 21.0 Å². The highest BCUT2D eigenvalue weighted by atomic mass is 28.4. The number of aliphatic hydroxyl groups excluding tert-OH is 1. The zero-order chi connectivity index (χ0) is 27.9. The number of amides is 2. The molecule has 3 atom stereocenters. The second kappa shape index (κ2) is 12.2. The molecule has 0 saturated heterocycles. The van der Waals surface area contributed by atoms with Crippen molar-refractivity contribution in [1.29, 1.82) is 0 Å².